The number of benzene rings is 2. The number of rotatable bonds is 12. The number of hydrogen-bond donors (Lipinski definition) is 1. The summed E-state index contributed by atoms with van der Waals surface area (Å²) in [7, 11) is 7.21. The lowest BCUT2D eigenvalue weighted by atomic mass is 10.1. The van der Waals surface area contributed by atoms with Crippen molar-refractivity contribution in [1.82, 2.24) is 24.6 Å². The number of likely N-dealkylation sites (N-methyl/N-ethyl adjacent to an activating group) is 2. The van der Waals surface area contributed by atoms with E-state index in [2.05, 4.69) is 76.1 Å². The Morgan fingerprint density at radius 3 is 2.05 bits per heavy atom. The Morgan fingerprint density at radius 2 is 1.54 bits per heavy atom. The van der Waals surface area contributed by atoms with Crippen LogP contribution < -0.4 is 19.7 Å². The lowest BCUT2D eigenvalue weighted by Crippen LogP contribution is -2.28. The van der Waals surface area contributed by atoms with Crippen molar-refractivity contribution in [2.75, 3.05) is 58.2 Å². The van der Waals surface area contributed by atoms with Crippen molar-refractivity contribution in [3.63, 3.8) is 0 Å². The van der Waals surface area contributed by atoms with Crippen molar-refractivity contribution in [3.8, 4) is 22.9 Å². The molecule has 0 radical (unpaired) electrons. The number of halogens is 1. The number of nitrogens with zero attached hydrogens (tertiary/aromatic N) is 25. The number of ether oxygens (including phenoxy) is 2. The summed E-state index contributed by atoms with van der Waals surface area (Å²) in [5.74, 6) is 1.35. The number of hydrogen-bond acceptors (Lipinski definition) is 10. The van der Waals surface area contributed by atoms with Gasteiger partial charge in [-0.15, -0.1) is 16.6 Å². The first-order valence-corrected chi connectivity index (χ1v) is 15.3. The van der Waals surface area contributed by atoms with E-state index in [1.165, 1.54) is 19.4 Å². The Bertz CT molecular complexity index is 2190. The van der Waals surface area contributed by atoms with Crippen molar-refractivity contribution >= 4 is 45.5 Å². The number of azide groups is 6. The normalized spacial score (nSPS) is 9.96. The highest BCUT2D eigenvalue weighted by molar-refractivity contribution is 6.33. The Morgan fingerprint density at radius 1 is 0.946 bits per heavy atom. The Hall–Kier alpha value is -8.30. The highest BCUT2D eigenvalue weighted by Crippen LogP contribution is 2.40. The van der Waals surface area contributed by atoms with Gasteiger partial charge in [0, 0.05) is 52.4 Å². The summed E-state index contributed by atoms with van der Waals surface area (Å²) in [5, 5.41) is 35.8. The van der Waals surface area contributed by atoms with Gasteiger partial charge in [0.2, 0.25) is 5.95 Å². The predicted octanol–water partition coefficient (Wildman–Crippen LogP) is 8.76. The third-order valence-electron chi connectivity index (χ3n) is 6.66. The maximum absolute atomic E-state index is 12.0. The van der Waals surface area contributed by atoms with Gasteiger partial charge in [0.1, 0.15) is 40.7 Å². The molecule has 0 spiro atoms. The van der Waals surface area contributed by atoms with Crippen LogP contribution in [0.5, 0.6) is 11.5 Å². The zero-order valence-corrected chi connectivity index (χ0v) is 30.2. The molecule has 3 heterocycles. The Balaban J connectivity index is 0.000000500. The second-order valence-corrected chi connectivity index (χ2v) is 10.6. The molecule has 31 heteroatoms. The number of nitro groups is 1. The standard InChI is InChI=1S/C25H27ClN8O4.3N6/c1-31(2)8-9-32(3)18-13-21(37-4)17(12-19(18)34(35)36)28-25-27-14-16(26)23(29-25)22-15-6-5-7-20-24(15)33(30-22)10-11-38-20;3*1-3-5-6-4-2/h5-7,12-14H,8-11H2,1-4H3,(H,27,28,29);;;. The van der Waals surface area contributed by atoms with Crippen LogP contribution in [0.4, 0.5) is 23.0 Å². The molecule has 4 aromatic rings. The van der Waals surface area contributed by atoms with Gasteiger partial charge in [0.05, 0.1) is 51.2 Å². The number of nitrogens with one attached hydrogen (secondary N) is 1. The fraction of sp³-hybridized carbons (Fsp3) is 0.320. The van der Waals surface area contributed by atoms with Crippen LogP contribution in [-0.4, -0.2) is 77.5 Å². The molecular weight excluding hydrogens is 764 g/mol. The molecular formula is C25H27ClN26O4. The summed E-state index contributed by atoms with van der Waals surface area (Å²) in [6.07, 6.45) is 1.47. The van der Waals surface area contributed by atoms with Crippen LogP contribution >= 0.6 is 11.6 Å². The van der Waals surface area contributed by atoms with Gasteiger partial charge >= 0.3 is 0 Å². The lowest BCUT2D eigenvalue weighted by Gasteiger charge is -2.22. The zero-order valence-electron chi connectivity index (χ0n) is 29.5. The molecule has 2 aromatic carbocycles. The number of anilines is 3. The van der Waals surface area contributed by atoms with E-state index < -0.39 is 4.92 Å². The Labute approximate surface area is 317 Å². The zero-order chi connectivity index (χ0) is 41.5. The largest absolute Gasteiger partial charge is 0.494 e. The van der Waals surface area contributed by atoms with Crippen LogP contribution in [0.15, 0.2) is 67.9 Å². The van der Waals surface area contributed by atoms with Gasteiger partial charge in [-0.05, 0) is 20.2 Å². The average molecular weight is 791 g/mol. The molecule has 56 heavy (non-hydrogen) atoms. The molecule has 288 valence electrons. The van der Waals surface area contributed by atoms with Gasteiger partial charge in [-0.25, -0.2) is 9.97 Å². The van der Waals surface area contributed by atoms with Gasteiger partial charge in [0.15, 0.2) is 0 Å². The second kappa shape index (κ2) is 23.3. The maximum atomic E-state index is 12.0. The van der Waals surface area contributed by atoms with Crippen LogP contribution in [0.2, 0.25) is 5.02 Å². The van der Waals surface area contributed by atoms with E-state index in [-0.39, 0.29) is 11.6 Å². The van der Waals surface area contributed by atoms with Gasteiger partial charge < -0.3 is 24.6 Å². The summed E-state index contributed by atoms with van der Waals surface area (Å²) in [4.78, 5) is 37.1. The van der Waals surface area contributed by atoms with E-state index in [0.29, 0.717) is 53.2 Å². The molecule has 0 unspecified atom stereocenters. The summed E-state index contributed by atoms with van der Waals surface area (Å²) >= 11 is 6.52. The molecule has 1 aliphatic rings. The summed E-state index contributed by atoms with van der Waals surface area (Å²) in [5.41, 5.74) is 47.0. The molecule has 0 atom stereocenters. The van der Waals surface area contributed by atoms with Crippen LogP contribution in [0.25, 0.3) is 84.9 Å². The summed E-state index contributed by atoms with van der Waals surface area (Å²) in [6, 6.07) is 8.80. The highest BCUT2D eigenvalue weighted by atomic mass is 35.5. The molecule has 1 aliphatic heterocycles. The highest BCUT2D eigenvalue weighted by Gasteiger charge is 2.24. The van der Waals surface area contributed by atoms with E-state index in [4.69, 9.17) is 59.4 Å². The maximum Gasteiger partial charge on any atom is 0.294 e. The number of methoxy groups -OCH3 is 1. The summed E-state index contributed by atoms with van der Waals surface area (Å²) in [6.45, 7) is 2.46. The van der Waals surface area contributed by atoms with Crippen molar-refractivity contribution in [1.29, 1.82) is 0 Å². The van der Waals surface area contributed by atoms with E-state index in [1.54, 1.807) is 6.07 Å². The molecule has 0 saturated carbocycles. The molecule has 30 nitrogen and oxygen atoms in total. The first-order valence-electron chi connectivity index (χ1n) is 14.9. The first kappa shape index (κ1) is 43.9. The smallest absolute Gasteiger partial charge is 0.294 e. The SMILES string of the molecule is COc1cc(N(C)CCN(C)C)c([N+](=O)[O-])cc1Nc1ncc(Cl)c(-c2nn3c4c(cccc24)OCC3)n1.[N-]=[N+]=NN=[N+]=[N-].[N-]=[N+]=NN=[N+]=[N-].[N-]=[N+]=NN=[N+]=[N-]. The van der Waals surface area contributed by atoms with Gasteiger partial charge in [0.25, 0.3) is 21.4 Å². The van der Waals surface area contributed by atoms with Gasteiger partial charge in [-0.1, -0.05) is 40.3 Å². The van der Waals surface area contributed by atoms with Crippen molar-refractivity contribution < 1.29 is 14.4 Å². The molecule has 0 saturated heterocycles. The third-order valence-corrected chi connectivity index (χ3v) is 6.93. The molecule has 0 fully saturated rings. The number of nitro benzene ring substituents is 1. The topological polar surface area (TPSA) is 416 Å². The van der Waals surface area contributed by atoms with Crippen LogP contribution in [-0.2, 0) is 6.54 Å². The first-order chi connectivity index (χ1) is 27.0. The molecule has 1 N–H and O–H groups in total. The fourth-order valence-electron chi connectivity index (χ4n) is 4.47. The summed E-state index contributed by atoms with van der Waals surface area (Å²) < 4.78 is 13.2. The monoisotopic (exact) mass is 790 g/mol. The minimum absolute atomic E-state index is 0.0700. The van der Waals surface area contributed by atoms with E-state index in [1.807, 2.05) is 53.8 Å². The van der Waals surface area contributed by atoms with Crippen molar-refractivity contribution in [2.24, 2.45) is 31.3 Å². The van der Waals surface area contributed by atoms with Gasteiger partial charge in [-0.2, -0.15) is 19.8 Å². The van der Waals surface area contributed by atoms with Crippen LogP contribution in [0, 0.1) is 10.1 Å². The number of aromatic nitrogens is 4. The van der Waals surface area contributed by atoms with Crippen molar-refractivity contribution in [3.05, 3.63) is 114 Å². The quantitative estimate of drug-likeness (QED) is 0.0467. The lowest BCUT2D eigenvalue weighted by molar-refractivity contribution is -0.384. The number of para-hydroxylation sites is 1. The van der Waals surface area contributed by atoms with Crippen molar-refractivity contribution in [2.45, 2.75) is 6.54 Å². The Kier molecular flexibility index (Phi) is 18.2. The molecule has 0 aliphatic carbocycles. The molecule has 0 bridgehead atoms. The fourth-order valence-corrected chi connectivity index (χ4v) is 4.65. The second-order valence-electron chi connectivity index (χ2n) is 10.2. The predicted molar refractivity (Wildman–Crippen MR) is 201 cm³/mol. The third kappa shape index (κ3) is 12.7. The molecule has 0 amide bonds. The van der Waals surface area contributed by atoms with E-state index in [9.17, 15) is 10.1 Å². The van der Waals surface area contributed by atoms with E-state index >= 15 is 0 Å². The minimum atomic E-state index is -0.417. The molecule has 5 rings (SSSR count). The average Bonchev–Trinajstić information content (AvgIpc) is 3.58. The minimum Gasteiger partial charge on any atom is -0.494 e. The van der Waals surface area contributed by atoms with Gasteiger partial charge in [-0.3, -0.25) is 14.8 Å². The van der Waals surface area contributed by atoms with Crippen LogP contribution in [0.1, 0.15) is 0 Å². The van der Waals surface area contributed by atoms with Crippen LogP contribution in [0.3, 0.4) is 0 Å². The molecule has 2 aromatic heterocycles. The van der Waals surface area contributed by atoms with E-state index in [0.717, 1.165) is 23.2 Å².